The van der Waals surface area contributed by atoms with E-state index in [1.807, 2.05) is 6.07 Å². The number of benzene rings is 3. The van der Waals surface area contributed by atoms with E-state index in [1.54, 1.807) is 0 Å². The normalized spacial score (nSPS) is 11.1. The van der Waals surface area contributed by atoms with Crippen LogP contribution in [0.4, 0.5) is 0 Å². The zero-order valence-electron chi connectivity index (χ0n) is 21.9. The predicted octanol–water partition coefficient (Wildman–Crippen LogP) is 7.19. The highest BCUT2D eigenvalue weighted by molar-refractivity contribution is 6.84. The maximum Gasteiger partial charge on any atom is 0.310 e. The van der Waals surface area contributed by atoms with E-state index >= 15 is 0 Å². The standard InChI is InChI=1S/C31H34O2Si2/c1-33-31(32)23-30-28(26-15-11-24(12-16-26)19-21-34(2,3)4)9-8-10-29(30)27-17-13-25(14-18-27)20-22-35(5,6)7/h8-18H,23H2,1-7H3. The summed E-state index contributed by atoms with van der Waals surface area (Å²) in [6.07, 6.45) is 0.205. The molecule has 35 heavy (non-hydrogen) atoms. The third-order valence-corrected chi connectivity index (χ3v) is 7.03. The van der Waals surface area contributed by atoms with Gasteiger partial charge in [0.05, 0.1) is 13.5 Å². The van der Waals surface area contributed by atoms with Crippen molar-refractivity contribution in [2.24, 2.45) is 0 Å². The minimum atomic E-state index is -1.43. The molecule has 3 rings (SSSR count). The van der Waals surface area contributed by atoms with Gasteiger partial charge < -0.3 is 4.74 Å². The third kappa shape index (κ3) is 7.86. The molecule has 4 heteroatoms. The van der Waals surface area contributed by atoms with Crippen LogP contribution in [0.1, 0.15) is 16.7 Å². The van der Waals surface area contributed by atoms with Crippen LogP contribution in [0, 0.1) is 22.9 Å². The molecule has 0 aliphatic rings. The monoisotopic (exact) mass is 494 g/mol. The topological polar surface area (TPSA) is 26.3 Å². The minimum Gasteiger partial charge on any atom is -0.469 e. The van der Waals surface area contributed by atoms with Gasteiger partial charge in [-0.05, 0) is 52.1 Å². The molecule has 0 aliphatic carbocycles. The Hall–Kier alpha value is -3.32. The van der Waals surface area contributed by atoms with Crippen molar-refractivity contribution in [3.8, 4) is 45.2 Å². The van der Waals surface area contributed by atoms with Crippen LogP contribution < -0.4 is 0 Å². The quantitative estimate of drug-likeness (QED) is 0.218. The molecule has 0 unspecified atom stereocenters. The van der Waals surface area contributed by atoms with E-state index in [0.717, 1.165) is 38.9 Å². The lowest BCUT2D eigenvalue weighted by atomic mass is 9.89. The van der Waals surface area contributed by atoms with E-state index in [1.165, 1.54) is 7.11 Å². The first kappa shape index (κ1) is 26.3. The molecule has 0 heterocycles. The van der Waals surface area contributed by atoms with Crippen molar-refractivity contribution in [3.05, 3.63) is 83.4 Å². The van der Waals surface area contributed by atoms with Gasteiger partial charge in [-0.15, -0.1) is 11.1 Å². The second-order valence-corrected chi connectivity index (χ2v) is 20.2. The van der Waals surface area contributed by atoms with Crippen LogP contribution in [0.25, 0.3) is 22.3 Å². The van der Waals surface area contributed by atoms with E-state index in [-0.39, 0.29) is 12.4 Å². The maximum atomic E-state index is 12.4. The molecule has 0 aliphatic heterocycles. The van der Waals surface area contributed by atoms with Crippen LogP contribution in [-0.2, 0) is 16.0 Å². The van der Waals surface area contributed by atoms with E-state index < -0.39 is 16.1 Å². The molecule has 0 saturated heterocycles. The summed E-state index contributed by atoms with van der Waals surface area (Å²) >= 11 is 0. The molecule has 3 aromatic rings. The molecule has 0 bridgehead atoms. The van der Waals surface area contributed by atoms with Gasteiger partial charge in [-0.2, -0.15) is 0 Å². The van der Waals surface area contributed by atoms with Gasteiger partial charge >= 0.3 is 5.97 Å². The summed E-state index contributed by atoms with van der Waals surface area (Å²) in [5.41, 5.74) is 14.0. The van der Waals surface area contributed by atoms with Crippen molar-refractivity contribution in [2.75, 3.05) is 7.11 Å². The molecule has 0 atom stereocenters. The lowest BCUT2D eigenvalue weighted by Crippen LogP contribution is -2.16. The summed E-state index contributed by atoms with van der Waals surface area (Å²) in [5, 5.41) is 0. The first-order chi connectivity index (χ1) is 16.4. The highest BCUT2D eigenvalue weighted by atomic mass is 28.3. The van der Waals surface area contributed by atoms with Gasteiger partial charge in [0.15, 0.2) is 0 Å². The number of hydrogen-bond acceptors (Lipinski definition) is 2. The van der Waals surface area contributed by atoms with Gasteiger partial charge in [-0.1, -0.05) is 93.6 Å². The molecular formula is C31H34O2Si2. The van der Waals surface area contributed by atoms with Crippen molar-refractivity contribution >= 4 is 22.1 Å². The lowest BCUT2D eigenvalue weighted by molar-refractivity contribution is -0.139. The Balaban J connectivity index is 2.04. The molecule has 0 N–H and O–H groups in total. The van der Waals surface area contributed by atoms with Crippen molar-refractivity contribution in [3.63, 3.8) is 0 Å². The highest BCUT2D eigenvalue weighted by Gasteiger charge is 2.16. The van der Waals surface area contributed by atoms with Crippen molar-refractivity contribution < 1.29 is 9.53 Å². The fraction of sp³-hybridized carbons (Fsp3) is 0.258. The average molecular weight is 495 g/mol. The summed E-state index contributed by atoms with van der Waals surface area (Å²) < 4.78 is 5.03. The first-order valence-electron chi connectivity index (χ1n) is 11.9. The number of rotatable bonds is 4. The zero-order valence-corrected chi connectivity index (χ0v) is 23.9. The Kier molecular flexibility index (Phi) is 8.23. The van der Waals surface area contributed by atoms with Crippen LogP contribution in [0.2, 0.25) is 39.3 Å². The zero-order chi connectivity index (χ0) is 25.6. The van der Waals surface area contributed by atoms with E-state index in [4.69, 9.17) is 4.74 Å². The Morgan fingerprint density at radius 2 is 1.09 bits per heavy atom. The molecule has 0 fully saturated rings. The molecular weight excluding hydrogens is 461 g/mol. The largest absolute Gasteiger partial charge is 0.469 e. The third-order valence-electron chi connectivity index (χ3n) is 5.28. The summed E-state index contributed by atoms with van der Waals surface area (Å²) in [6.45, 7) is 13.4. The number of hydrogen-bond donors (Lipinski definition) is 0. The van der Waals surface area contributed by atoms with Crippen LogP contribution >= 0.6 is 0 Å². The van der Waals surface area contributed by atoms with Gasteiger partial charge in [0, 0.05) is 11.1 Å². The number of methoxy groups -OCH3 is 1. The van der Waals surface area contributed by atoms with Gasteiger partial charge in [-0.25, -0.2) is 0 Å². The summed E-state index contributed by atoms with van der Waals surface area (Å²) in [5.74, 6) is 6.36. The number of carbonyl (C=O) groups excluding carboxylic acids is 1. The summed E-state index contributed by atoms with van der Waals surface area (Å²) in [4.78, 5) is 12.4. The van der Waals surface area contributed by atoms with Gasteiger partial charge in [0.1, 0.15) is 16.1 Å². The number of ether oxygens (including phenoxy) is 1. The van der Waals surface area contributed by atoms with Crippen LogP contribution in [0.5, 0.6) is 0 Å². The molecule has 0 aromatic heterocycles. The number of esters is 1. The predicted molar refractivity (Wildman–Crippen MR) is 153 cm³/mol. The second kappa shape index (κ2) is 11.0. The summed E-state index contributed by atoms with van der Waals surface area (Å²) in [7, 11) is -1.43. The average Bonchev–Trinajstić information content (AvgIpc) is 2.81. The van der Waals surface area contributed by atoms with Crippen LogP contribution in [0.3, 0.4) is 0 Å². The Morgan fingerprint density at radius 1 is 0.686 bits per heavy atom. The van der Waals surface area contributed by atoms with Gasteiger partial charge in [0.25, 0.3) is 0 Å². The first-order valence-corrected chi connectivity index (χ1v) is 18.9. The van der Waals surface area contributed by atoms with Crippen molar-refractivity contribution in [2.45, 2.75) is 45.7 Å². The number of carbonyl (C=O) groups is 1. The Bertz CT molecular complexity index is 1220. The highest BCUT2D eigenvalue weighted by Crippen LogP contribution is 2.33. The fourth-order valence-electron chi connectivity index (χ4n) is 3.52. The summed E-state index contributed by atoms with van der Waals surface area (Å²) in [6, 6.07) is 22.8. The molecule has 0 saturated carbocycles. The van der Waals surface area contributed by atoms with E-state index in [9.17, 15) is 4.79 Å². The second-order valence-electron chi connectivity index (χ2n) is 10.7. The van der Waals surface area contributed by atoms with Crippen molar-refractivity contribution in [1.82, 2.24) is 0 Å². The minimum absolute atomic E-state index is 0.205. The Labute approximate surface area is 212 Å². The SMILES string of the molecule is COC(=O)Cc1c(-c2ccc(C#C[Si](C)(C)C)cc2)cccc1-c1ccc(C#C[Si](C)(C)C)cc1. The molecule has 2 nitrogen and oxygen atoms in total. The molecule has 0 spiro atoms. The van der Waals surface area contributed by atoms with E-state index in [2.05, 4.69) is 123 Å². The lowest BCUT2D eigenvalue weighted by Gasteiger charge is -2.15. The maximum absolute atomic E-state index is 12.4. The van der Waals surface area contributed by atoms with Crippen molar-refractivity contribution in [1.29, 1.82) is 0 Å². The molecule has 178 valence electrons. The molecule has 0 amide bonds. The van der Waals surface area contributed by atoms with Crippen LogP contribution in [0.15, 0.2) is 66.7 Å². The Morgan fingerprint density at radius 3 is 1.43 bits per heavy atom. The molecule has 0 radical (unpaired) electrons. The van der Waals surface area contributed by atoms with Gasteiger partial charge in [0.2, 0.25) is 0 Å². The van der Waals surface area contributed by atoms with E-state index in [0.29, 0.717) is 0 Å². The molecule has 3 aromatic carbocycles. The van der Waals surface area contributed by atoms with Gasteiger partial charge in [-0.3, -0.25) is 4.79 Å². The fourth-order valence-corrected chi connectivity index (χ4v) is 4.56. The smallest absolute Gasteiger partial charge is 0.310 e. The van der Waals surface area contributed by atoms with Crippen LogP contribution in [-0.4, -0.2) is 29.2 Å².